The topological polar surface area (TPSA) is 78.9 Å². The summed E-state index contributed by atoms with van der Waals surface area (Å²) in [5, 5.41) is 5.57. The van der Waals surface area contributed by atoms with Crippen LogP contribution >= 0.6 is 11.3 Å². The first-order valence-corrected chi connectivity index (χ1v) is 9.90. The van der Waals surface area contributed by atoms with Crippen LogP contribution in [-0.4, -0.2) is 38.3 Å². The molecule has 0 atom stereocenters. The number of methoxy groups -OCH3 is 2. The smallest absolute Gasteiger partial charge is 0.230 e. The van der Waals surface area contributed by atoms with Crippen molar-refractivity contribution in [2.24, 2.45) is 0 Å². The fraction of sp³-hybridized carbons (Fsp3) is 0.238. The van der Waals surface area contributed by atoms with Gasteiger partial charge in [-0.25, -0.2) is 4.98 Å². The number of nitrogens with zero attached hydrogens (tertiary/aromatic N) is 1. The fourth-order valence-electron chi connectivity index (χ4n) is 2.98. The van der Waals surface area contributed by atoms with Crippen LogP contribution in [0.1, 0.15) is 5.69 Å². The molecule has 0 spiro atoms. The van der Waals surface area contributed by atoms with Crippen LogP contribution in [0.2, 0.25) is 0 Å². The van der Waals surface area contributed by atoms with E-state index < -0.39 is 0 Å². The second kappa shape index (κ2) is 8.40. The van der Waals surface area contributed by atoms with Crippen LogP contribution in [0.25, 0.3) is 10.6 Å². The van der Waals surface area contributed by atoms with Crippen molar-refractivity contribution >= 4 is 22.9 Å². The molecule has 7 nitrogen and oxygen atoms in total. The molecule has 0 unspecified atom stereocenters. The molecule has 0 fully saturated rings. The number of amides is 1. The Bertz CT molecular complexity index is 1030. The maximum absolute atomic E-state index is 12.4. The molecule has 1 aliphatic rings. The van der Waals surface area contributed by atoms with Gasteiger partial charge in [-0.3, -0.25) is 4.79 Å². The molecule has 1 amide bonds. The van der Waals surface area contributed by atoms with Gasteiger partial charge in [-0.05, 0) is 30.3 Å². The van der Waals surface area contributed by atoms with Gasteiger partial charge in [-0.15, -0.1) is 11.3 Å². The van der Waals surface area contributed by atoms with Crippen molar-refractivity contribution in [3.05, 3.63) is 47.5 Å². The van der Waals surface area contributed by atoms with E-state index in [1.807, 2.05) is 23.6 Å². The van der Waals surface area contributed by atoms with Crippen LogP contribution in [0, 0.1) is 0 Å². The van der Waals surface area contributed by atoms with Gasteiger partial charge in [0, 0.05) is 22.7 Å². The lowest BCUT2D eigenvalue weighted by Crippen LogP contribution is -2.17. The molecule has 29 heavy (non-hydrogen) atoms. The highest BCUT2D eigenvalue weighted by atomic mass is 32.1. The van der Waals surface area contributed by atoms with Gasteiger partial charge in [0.05, 0.1) is 26.3 Å². The summed E-state index contributed by atoms with van der Waals surface area (Å²) in [5.41, 5.74) is 2.27. The Kier molecular flexibility index (Phi) is 5.53. The minimum atomic E-state index is -0.147. The number of hydrogen-bond acceptors (Lipinski definition) is 7. The maximum Gasteiger partial charge on any atom is 0.230 e. The lowest BCUT2D eigenvalue weighted by Gasteiger charge is -2.18. The number of ether oxygens (including phenoxy) is 4. The molecule has 1 aliphatic heterocycles. The Morgan fingerprint density at radius 3 is 2.66 bits per heavy atom. The summed E-state index contributed by atoms with van der Waals surface area (Å²) in [6.07, 6.45) is 0.179. The zero-order valence-electron chi connectivity index (χ0n) is 16.1. The predicted molar refractivity (Wildman–Crippen MR) is 110 cm³/mol. The molecule has 8 heteroatoms. The third kappa shape index (κ3) is 4.27. The fourth-order valence-corrected chi connectivity index (χ4v) is 3.80. The maximum atomic E-state index is 12.4. The van der Waals surface area contributed by atoms with Crippen molar-refractivity contribution in [3.8, 4) is 33.6 Å². The number of thiazole rings is 1. The van der Waals surface area contributed by atoms with Crippen molar-refractivity contribution in [3.63, 3.8) is 0 Å². The first-order chi connectivity index (χ1) is 14.2. The number of aromatic nitrogens is 1. The highest BCUT2D eigenvalue weighted by Gasteiger charge is 2.15. The highest BCUT2D eigenvalue weighted by Crippen LogP contribution is 2.34. The first kappa shape index (κ1) is 19.1. The second-order valence-corrected chi connectivity index (χ2v) is 7.16. The van der Waals surface area contributed by atoms with E-state index in [-0.39, 0.29) is 12.3 Å². The SMILES string of the molecule is COc1ccc(-c2nc(CC(=O)Nc3ccc4c(c3)OCCO4)cs2)cc1OC. The van der Waals surface area contributed by atoms with E-state index in [4.69, 9.17) is 18.9 Å². The minimum Gasteiger partial charge on any atom is -0.493 e. The Balaban J connectivity index is 1.43. The summed E-state index contributed by atoms with van der Waals surface area (Å²) < 4.78 is 21.6. The van der Waals surface area contributed by atoms with E-state index in [1.54, 1.807) is 32.4 Å². The summed E-state index contributed by atoms with van der Waals surface area (Å²) in [7, 11) is 3.19. The molecule has 3 aromatic rings. The lowest BCUT2D eigenvalue weighted by molar-refractivity contribution is -0.115. The van der Waals surface area contributed by atoms with Crippen LogP contribution in [0.15, 0.2) is 41.8 Å². The average molecular weight is 412 g/mol. The molecule has 0 radical (unpaired) electrons. The van der Waals surface area contributed by atoms with Crippen LogP contribution in [0.4, 0.5) is 5.69 Å². The number of rotatable bonds is 6. The molecule has 1 aromatic heterocycles. The Hall–Kier alpha value is -3.26. The monoisotopic (exact) mass is 412 g/mol. The van der Waals surface area contributed by atoms with Crippen molar-refractivity contribution in [2.45, 2.75) is 6.42 Å². The van der Waals surface area contributed by atoms with E-state index in [9.17, 15) is 4.79 Å². The van der Waals surface area contributed by atoms with Gasteiger partial charge in [0.15, 0.2) is 23.0 Å². The zero-order valence-corrected chi connectivity index (χ0v) is 16.9. The summed E-state index contributed by atoms with van der Waals surface area (Å²) >= 11 is 1.48. The van der Waals surface area contributed by atoms with Gasteiger partial charge in [-0.1, -0.05) is 0 Å². The number of carbonyl (C=O) groups is 1. The van der Waals surface area contributed by atoms with Crippen molar-refractivity contribution in [2.75, 3.05) is 32.8 Å². The van der Waals surface area contributed by atoms with Gasteiger partial charge in [0.1, 0.15) is 18.2 Å². The third-order valence-electron chi connectivity index (χ3n) is 4.35. The third-order valence-corrected chi connectivity index (χ3v) is 5.29. The molecule has 2 aromatic carbocycles. The molecule has 150 valence electrons. The molecule has 1 N–H and O–H groups in total. The van der Waals surface area contributed by atoms with Crippen LogP contribution in [0.5, 0.6) is 23.0 Å². The summed E-state index contributed by atoms with van der Waals surface area (Å²) in [4.78, 5) is 17.0. The molecular weight excluding hydrogens is 392 g/mol. The van der Waals surface area contributed by atoms with E-state index in [0.29, 0.717) is 47.6 Å². The minimum absolute atomic E-state index is 0.147. The quantitative estimate of drug-likeness (QED) is 0.664. The normalized spacial score (nSPS) is 12.3. The number of anilines is 1. The average Bonchev–Trinajstić information content (AvgIpc) is 3.21. The van der Waals surface area contributed by atoms with Crippen LogP contribution in [0.3, 0.4) is 0 Å². The Labute approximate surface area is 172 Å². The van der Waals surface area contributed by atoms with Gasteiger partial charge in [0.25, 0.3) is 0 Å². The number of fused-ring (bicyclic) bond motifs is 1. The zero-order chi connectivity index (χ0) is 20.2. The molecule has 0 aliphatic carbocycles. The molecule has 0 bridgehead atoms. The Morgan fingerprint density at radius 2 is 1.86 bits per heavy atom. The molecule has 0 saturated heterocycles. The van der Waals surface area contributed by atoms with Gasteiger partial charge in [-0.2, -0.15) is 0 Å². The van der Waals surface area contributed by atoms with Gasteiger partial charge in [0.2, 0.25) is 5.91 Å². The summed E-state index contributed by atoms with van der Waals surface area (Å²) in [6.45, 7) is 1.03. The van der Waals surface area contributed by atoms with Crippen molar-refractivity contribution < 1.29 is 23.7 Å². The van der Waals surface area contributed by atoms with E-state index in [0.717, 1.165) is 10.6 Å². The molecule has 4 rings (SSSR count). The van der Waals surface area contributed by atoms with Gasteiger partial charge < -0.3 is 24.3 Å². The standard InChI is InChI=1S/C21H20N2O5S/c1-25-16-5-3-13(9-18(16)26-2)21-23-15(12-29-21)11-20(24)22-14-4-6-17-19(10-14)28-8-7-27-17/h3-6,9-10,12H,7-8,11H2,1-2H3,(H,22,24). The number of hydrogen-bond donors (Lipinski definition) is 1. The summed E-state index contributed by atoms with van der Waals surface area (Å²) in [5.74, 6) is 2.47. The highest BCUT2D eigenvalue weighted by molar-refractivity contribution is 7.13. The van der Waals surface area contributed by atoms with E-state index >= 15 is 0 Å². The largest absolute Gasteiger partial charge is 0.493 e. The number of benzene rings is 2. The number of carbonyl (C=O) groups excluding carboxylic acids is 1. The molecular formula is C21H20N2O5S. The van der Waals surface area contributed by atoms with E-state index in [1.165, 1.54) is 11.3 Å². The van der Waals surface area contributed by atoms with Crippen molar-refractivity contribution in [1.29, 1.82) is 0 Å². The van der Waals surface area contributed by atoms with Crippen LogP contribution in [-0.2, 0) is 11.2 Å². The second-order valence-electron chi connectivity index (χ2n) is 6.30. The van der Waals surface area contributed by atoms with Crippen molar-refractivity contribution in [1.82, 2.24) is 4.98 Å². The molecule has 2 heterocycles. The van der Waals surface area contributed by atoms with E-state index in [2.05, 4.69) is 10.3 Å². The molecule has 0 saturated carbocycles. The number of nitrogens with one attached hydrogen (secondary N) is 1. The first-order valence-electron chi connectivity index (χ1n) is 9.02. The van der Waals surface area contributed by atoms with Gasteiger partial charge >= 0.3 is 0 Å². The predicted octanol–water partition coefficient (Wildman–Crippen LogP) is 3.78. The lowest BCUT2D eigenvalue weighted by atomic mass is 10.2. The Morgan fingerprint density at radius 1 is 1.07 bits per heavy atom. The summed E-state index contributed by atoms with van der Waals surface area (Å²) in [6, 6.07) is 11.0. The van der Waals surface area contributed by atoms with Crippen LogP contribution < -0.4 is 24.3 Å².